The highest BCUT2D eigenvalue weighted by molar-refractivity contribution is 7.16. The first-order valence-electron chi connectivity index (χ1n) is 6.14. The summed E-state index contributed by atoms with van der Waals surface area (Å²) in [6.45, 7) is 0. The van der Waals surface area contributed by atoms with Crippen molar-refractivity contribution in [2.45, 2.75) is 12.5 Å². The molecule has 3 heteroatoms. The monoisotopic (exact) mass is 288 g/mol. The first kappa shape index (κ1) is 12.7. The van der Waals surface area contributed by atoms with E-state index in [9.17, 15) is 5.11 Å². The molecule has 1 heterocycles. The second-order valence-corrected chi connectivity index (χ2v) is 6.29. The first-order valence-corrected chi connectivity index (χ1v) is 7.33. The summed E-state index contributed by atoms with van der Waals surface area (Å²) in [6, 6.07) is 18.0. The number of benzene rings is 2. The maximum absolute atomic E-state index is 10.4. The maximum Gasteiger partial charge on any atom is 0.0931 e. The molecule has 0 bridgehead atoms. The number of halogens is 1. The van der Waals surface area contributed by atoms with Gasteiger partial charge in [-0.15, -0.1) is 11.3 Å². The van der Waals surface area contributed by atoms with Crippen LogP contribution in [0.2, 0.25) is 4.34 Å². The van der Waals surface area contributed by atoms with E-state index < -0.39 is 6.10 Å². The lowest BCUT2D eigenvalue weighted by Crippen LogP contribution is -2.01. The number of hydrogen-bond acceptors (Lipinski definition) is 2. The Balaban J connectivity index is 1.95. The van der Waals surface area contributed by atoms with Gasteiger partial charge >= 0.3 is 0 Å². The van der Waals surface area contributed by atoms with E-state index in [0.717, 1.165) is 25.5 Å². The minimum absolute atomic E-state index is 0.499. The van der Waals surface area contributed by atoms with Gasteiger partial charge in [0.05, 0.1) is 10.4 Å². The molecule has 2 aromatic carbocycles. The lowest BCUT2D eigenvalue weighted by Gasteiger charge is -2.12. The molecule has 0 radical (unpaired) electrons. The van der Waals surface area contributed by atoms with Crippen LogP contribution in [-0.2, 0) is 6.42 Å². The van der Waals surface area contributed by atoms with E-state index in [1.54, 1.807) is 0 Å². The summed E-state index contributed by atoms with van der Waals surface area (Å²) >= 11 is 7.44. The molecule has 96 valence electrons. The Hall–Kier alpha value is -1.35. The predicted octanol–water partition coefficient (Wildman–Crippen LogP) is 4.83. The van der Waals surface area contributed by atoms with Crippen LogP contribution in [0.25, 0.3) is 10.8 Å². The molecule has 3 rings (SSSR count). The Kier molecular flexibility index (Phi) is 3.56. The third kappa shape index (κ3) is 2.66. The van der Waals surface area contributed by atoms with E-state index in [2.05, 4.69) is 18.2 Å². The van der Waals surface area contributed by atoms with Crippen molar-refractivity contribution in [3.05, 3.63) is 69.4 Å². The van der Waals surface area contributed by atoms with Crippen molar-refractivity contribution in [3.63, 3.8) is 0 Å². The van der Waals surface area contributed by atoms with Gasteiger partial charge in [0.1, 0.15) is 0 Å². The van der Waals surface area contributed by atoms with Gasteiger partial charge in [-0.2, -0.15) is 0 Å². The van der Waals surface area contributed by atoms with Crippen molar-refractivity contribution in [1.29, 1.82) is 0 Å². The number of thiophene rings is 1. The zero-order valence-electron chi connectivity index (χ0n) is 10.2. The summed E-state index contributed by atoms with van der Waals surface area (Å²) in [6.07, 6.45) is 0.103. The number of fused-ring (bicyclic) bond motifs is 1. The molecule has 1 nitrogen and oxygen atoms in total. The molecule has 1 N–H and O–H groups in total. The number of aliphatic hydroxyl groups excluding tert-OH is 1. The molecule has 0 aliphatic rings. The molecular weight excluding hydrogens is 276 g/mol. The largest absolute Gasteiger partial charge is 0.388 e. The molecular formula is C16H13ClOS. The van der Waals surface area contributed by atoms with E-state index >= 15 is 0 Å². The average molecular weight is 289 g/mol. The molecule has 3 aromatic rings. The smallest absolute Gasteiger partial charge is 0.0931 e. The summed E-state index contributed by atoms with van der Waals surface area (Å²) in [4.78, 5) is 1.10. The van der Waals surface area contributed by atoms with Crippen LogP contribution in [0, 0.1) is 0 Å². The summed E-state index contributed by atoms with van der Waals surface area (Å²) < 4.78 is 0.764. The molecule has 0 fully saturated rings. The van der Waals surface area contributed by atoms with Gasteiger partial charge in [0.15, 0.2) is 0 Å². The third-order valence-corrected chi connectivity index (χ3v) is 4.46. The first-order chi connectivity index (χ1) is 9.24. The number of rotatable bonds is 3. The zero-order chi connectivity index (χ0) is 13.2. The van der Waals surface area contributed by atoms with Gasteiger partial charge in [-0.05, 0) is 28.5 Å². The summed E-state index contributed by atoms with van der Waals surface area (Å²) in [7, 11) is 0. The van der Waals surface area contributed by atoms with Gasteiger partial charge in [-0.25, -0.2) is 0 Å². The normalized spacial score (nSPS) is 12.7. The van der Waals surface area contributed by atoms with Crippen molar-refractivity contribution in [2.24, 2.45) is 0 Å². The van der Waals surface area contributed by atoms with Crippen LogP contribution in [0.1, 0.15) is 16.5 Å². The fraction of sp³-hybridized carbons (Fsp3) is 0.125. The summed E-state index contributed by atoms with van der Waals surface area (Å²) in [5.74, 6) is 0. The minimum Gasteiger partial charge on any atom is -0.388 e. The van der Waals surface area contributed by atoms with Crippen LogP contribution in [0.15, 0.2) is 54.6 Å². The van der Waals surface area contributed by atoms with Crippen LogP contribution in [-0.4, -0.2) is 5.11 Å². The fourth-order valence-electron chi connectivity index (χ4n) is 2.30. The van der Waals surface area contributed by atoms with Crippen LogP contribution < -0.4 is 0 Å². The standard InChI is InChI=1S/C16H13ClOS/c17-16-9-8-12(19-16)10-15(18)14-7-3-5-11-4-1-2-6-13(11)14/h1-9,15,18H,10H2. The van der Waals surface area contributed by atoms with Gasteiger partial charge in [0.2, 0.25) is 0 Å². The van der Waals surface area contributed by atoms with Crippen molar-refractivity contribution < 1.29 is 5.11 Å². The molecule has 19 heavy (non-hydrogen) atoms. The van der Waals surface area contributed by atoms with Crippen LogP contribution in [0.5, 0.6) is 0 Å². The quantitative estimate of drug-likeness (QED) is 0.732. The lowest BCUT2D eigenvalue weighted by molar-refractivity contribution is 0.181. The van der Waals surface area contributed by atoms with Crippen LogP contribution >= 0.6 is 22.9 Å². The molecule has 1 atom stereocenters. The Bertz CT molecular complexity index is 699. The van der Waals surface area contributed by atoms with E-state index in [1.165, 1.54) is 11.3 Å². The molecule has 0 spiro atoms. The van der Waals surface area contributed by atoms with E-state index in [0.29, 0.717) is 6.42 Å². The maximum atomic E-state index is 10.4. The van der Waals surface area contributed by atoms with Crippen LogP contribution in [0.3, 0.4) is 0 Å². The number of hydrogen-bond donors (Lipinski definition) is 1. The fourth-order valence-corrected chi connectivity index (χ4v) is 3.43. The molecule has 0 amide bonds. The number of aliphatic hydroxyl groups is 1. The molecule has 1 aromatic heterocycles. The topological polar surface area (TPSA) is 20.2 Å². The molecule has 1 unspecified atom stereocenters. The average Bonchev–Trinajstić information content (AvgIpc) is 2.83. The molecule has 0 aliphatic carbocycles. The highest BCUT2D eigenvalue weighted by Crippen LogP contribution is 2.30. The van der Waals surface area contributed by atoms with Gasteiger partial charge in [0, 0.05) is 11.3 Å². The third-order valence-electron chi connectivity index (χ3n) is 3.21. The predicted molar refractivity (Wildman–Crippen MR) is 81.9 cm³/mol. The molecule has 0 saturated carbocycles. The van der Waals surface area contributed by atoms with E-state index in [-0.39, 0.29) is 0 Å². The second kappa shape index (κ2) is 5.33. The zero-order valence-corrected chi connectivity index (χ0v) is 11.8. The Morgan fingerprint density at radius 1 is 1.00 bits per heavy atom. The van der Waals surface area contributed by atoms with Crippen molar-refractivity contribution in [2.75, 3.05) is 0 Å². The van der Waals surface area contributed by atoms with Crippen LogP contribution in [0.4, 0.5) is 0 Å². The van der Waals surface area contributed by atoms with Gasteiger partial charge in [-0.3, -0.25) is 0 Å². The second-order valence-electron chi connectivity index (χ2n) is 4.49. The minimum atomic E-state index is -0.499. The SMILES string of the molecule is OC(Cc1ccc(Cl)s1)c1cccc2ccccc12. The Morgan fingerprint density at radius 3 is 2.58 bits per heavy atom. The van der Waals surface area contributed by atoms with Gasteiger partial charge < -0.3 is 5.11 Å². The Labute approximate surface area is 121 Å². The summed E-state index contributed by atoms with van der Waals surface area (Å²) in [5.41, 5.74) is 0.975. The lowest BCUT2D eigenvalue weighted by atomic mass is 9.98. The van der Waals surface area contributed by atoms with Gasteiger partial charge in [-0.1, -0.05) is 54.1 Å². The van der Waals surface area contributed by atoms with Crippen molar-refractivity contribution in [1.82, 2.24) is 0 Å². The van der Waals surface area contributed by atoms with Gasteiger partial charge in [0.25, 0.3) is 0 Å². The van der Waals surface area contributed by atoms with Crippen molar-refractivity contribution >= 4 is 33.7 Å². The highest BCUT2D eigenvalue weighted by atomic mass is 35.5. The summed E-state index contributed by atoms with van der Waals surface area (Å²) in [5, 5.41) is 12.7. The molecule has 0 saturated heterocycles. The van der Waals surface area contributed by atoms with E-state index in [1.807, 2.05) is 36.4 Å². The highest BCUT2D eigenvalue weighted by Gasteiger charge is 2.12. The van der Waals surface area contributed by atoms with E-state index in [4.69, 9.17) is 11.6 Å². The molecule has 0 aliphatic heterocycles. The Morgan fingerprint density at radius 2 is 1.79 bits per heavy atom. The van der Waals surface area contributed by atoms with Crippen molar-refractivity contribution in [3.8, 4) is 0 Å².